The van der Waals surface area contributed by atoms with Gasteiger partial charge >= 0.3 is 0 Å². The molecule has 5 nitrogen and oxygen atoms in total. The molecule has 0 spiro atoms. The highest BCUT2D eigenvalue weighted by Crippen LogP contribution is 2.29. The molecule has 1 fully saturated rings. The molecule has 0 amide bonds. The number of hydrogen-bond donors (Lipinski definition) is 0. The molecular formula is C16H21N3O2. The van der Waals surface area contributed by atoms with Crippen molar-refractivity contribution in [1.82, 2.24) is 15.1 Å². The van der Waals surface area contributed by atoms with Gasteiger partial charge in [-0.05, 0) is 31.4 Å². The molecule has 0 aliphatic heterocycles. The van der Waals surface area contributed by atoms with Crippen molar-refractivity contribution in [2.45, 2.75) is 45.4 Å². The normalized spacial score (nSPS) is 15.5. The van der Waals surface area contributed by atoms with Crippen LogP contribution >= 0.6 is 0 Å². The van der Waals surface area contributed by atoms with Gasteiger partial charge in [-0.2, -0.15) is 4.98 Å². The molecule has 3 rings (SSSR count). The Balaban J connectivity index is 1.69. The van der Waals surface area contributed by atoms with Crippen LogP contribution in [0, 0.1) is 5.92 Å². The SMILES string of the molecule is CCOc1ncccc1-c1noc(CCC2CCCC2)n1. The molecule has 0 radical (unpaired) electrons. The summed E-state index contributed by atoms with van der Waals surface area (Å²) in [7, 11) is 0. The second-order valence-electron chi connectivity index (χ2n) is 5.49. The van der Waals surface area contributed by atoms with E-state index in [1.165, 1.54) is 25.7 Å². The van der Waals surface area contributed by atoms with Crippen molar-refractivity contribution >= 4 is 0 Å². The van der Waals surface area contributed by atoms with Gasteiger partial charge in [-0.25, -0.2) is 4.98 Å². The third kappa shape index (κ3) is 3.40. The summed E-state index contributed by atoms with van der Waals surface area (Å²) in [5, 5.41) is 4.07. The van der Waals surface area contributed by atoms with Crippen LogP contribution < -0.4 is 4.74 Å². The van der Waals surface area contributed by atoms with Crippen LogP contribution in [0.2, 0.25) is 0 Å². The molecule has 1 saturated carbocycles. The maximum absolute atomic E-state index is 5.51. The van der Waals surface area contributed by atoms with E-state index in [0.29, 0.717) is 24.2 Å². The predicted molar refractivity (Wildman–Crippen MR) is 79.0 cm³/mol. The molecule has 2 aromatic rings. The van der Waals surface area contributed by atoms with Crippen molar-refractivity contribution < 1.29 is 9.26 Å². The first-order valence-corrected chi connectivity index (χ1v) is 7.77. The van der Waals surface area contributed by atoms with Gasteiger partial charge in [-0.1, -0.05) is 30.8 Å². The van der Waals surface area contributed by atoms with Crippen molar-refractivity contribution in [3.8, 4) is 17.3 Å². The Hall–Kier alpha value is -1.91. The van der Waals surface area contributed by atoms with Gasteiger partial charge in [0.05, 0.1) is 12.2 Å². The summed E-state index contributed by atoms with van der Waals surface area (Å²) in [5.74, 6) is 2.66. The molecular weight excluding hydrogens is 266 g/mol. The number of aryl methyl sites for hydroxylation is 1. The quantitative estimate of drug-likeness (QED) is 0.811. The largest absolute Gasteiger partial charge is 0.477 e. The fourth-order valence-electron chi connectivity index (χ4n) is 2.91. The lowest BCUT2D eigenvalue weighted by atomic mass is 10.0. The van der Waals surface area contributed by atoms with E-state index in [1.54, 1.807) is 6.20 Å². The number of hydrogen-bond acceptors (Lipinski definition) is 5. The van der Waals surface area contributed by atoms with Gasteiger partial charge < -0.3 is 9.26 Å². The Kier molecular flexibility index (Phi) is 4.48. The molecule has 112 valence electrons. The highest BCUT2D eigenvalue weighted by molar-refractivity contribution is 5.60. The minimum atomic E-state index is 0.558. The zero-order chi connectivity index (χ0) is 14.5. The van der Waals surface area contributed by atoms with Crippen LogP contribution in [0.4, 0.5) is 0 Å². The van der Waals surface area contributed by atoms with E-state index in [9.17, 15) is 0 Å². The molecule has 1 aliphatic carbocycles. The number of aromatic nitrogens is 3. The third-order valence-corrected chi connectivity index (χ3v) is 4.00. The van der Waals surface area contributed by atoms with Crippen LogP contribution in [-0.4, -0.2) is 21.7 Å². The average Bonchev–Trinajstić information content (AvgIpc) is 3.18. The Bertz CT molecular complexity index is 576. The van der Waals surface area contributed by atoms with Crippen LogP contribution in [0.3, 0.4) is 0 Å². The number of pyridine rings is 1. The first kappa shape index (κ1) is 14.0. The van der Waals surface area contributed by atoms with E-state index < -0.39 is 0 Å². The van der Waals surface area contributed by atoms with Crippen molar-refractivity contribution in [1.29, 1.82) is 0 Å². The monoisotopic (exact) mass is 287 g/mol. The molecule has 0 bridgehead atoms. The van der Waals surface area contributed by atoms with Crippen LogP contribution in [0.25, 0.3) is 11.4 Å². The molecule has 0 unspecified atom stereocenters. The van der Waals surface area contributed by atoms with E-state index >= 15 is 0 Å². The van der Waals surface area contributed by atoms with E-state index in [2.05, 4.69) is 15.1 Å². The van der Waals surface area contributed by atoms with Crippen LogP contribution in [-0.2, 0) is 6.42 Å². The lowest BCUT2D eigenvalue weighted by Crippen LogP contribution is -1.98. The summed E-state index contributed by atoms with van der Waals surface area (Å²) < 4.78 is 10.9. The van der Waals surface area contributed by atoms with E-state index in [-0.39, 0.29) is 0 Å². The van der Waals surface area contributed by atoms with Crippen molar-refractivity contribution in [2.75, 3.05) is 6.61 Å². The van der Waals surface area contributed by atoms with E-state index in [0.717, 1.165) is 24.3 Å². The molecule has 1 aliphatic rings. The second-order valence-corrected chi connectivity index (χ2v) is 5.49. The highest BCUT2D eigenvalue weighted by atomic mass is 16.5. The Morgan fingerprint density at radius 3 is 3.00 bits per heavy atom. The summed E-state index contributed by atoms with van der Waals surface area (Å²) in [5.41, 5.74) is 0.787. The highest BCUT2D eigenvalue weighted by Gasteiger charge is 2.18. The Labute approximate surface area is 124 Å². The molecule has 2 heterocycles. The molecule has 0 N–H and O–H groups in total. The van der Waals surface area contributed by atoms with Gasteiger partial charge in [-0.15, -0.1) is 0 Å². The maximum atomic E-state index is 5.51. The third-order valence-electron chi connectivity index (χ3n) is 4.00. The molecule has 0 saturated heterocycles. The van der Waals surface area contributed by atoms with Gasteiger partial charge in [0, 0.05) is 12.6 Å². The molecule has 2 aromatic heterocycles. The first-order valence-electron chi connectivity index (χ1n) is 7.77. The number of rotatable bonds is 6. The van der Waals surface area contributed by atoms with Crippen molar-refractivity contribution in [2.24, 2.45) is 5.92 Å². The van der Waals surface area contributed by atoms with Gasteiger partial charge in [0.1, 0.15) is 0 Å². The molecule has 0 aromatic carbocycles. The lowest BCUT2D eigenvalue weighted by molar-refractivity contribution is 0.327. The topological polar surface area (TPSA) is 61.0 Å². The number of nitrogens with zero attached hydrogens (tertiary/aromatic N) is 3. The molecule has 0 atom stereocenters. The van der Waals surface area contributed by atoms with E-state index in [4.69, 9.17) is 9.26 Å². The zero-order valence-corrected chi connectivity index (χ0v) is 12.4. The summed E-state index contributed by atoms with van der Waals surface area (Å²) in [6.45, 7) is 2.50. The smallest absolute Gasteiger partial charge is 0.226 e. The van der Waals surface area contributed by atoms with Crippen LogP contribution in [0.5, 0.6) is 5.88 Å². The molecule has 5 heteroatoms. The van der Waals surface area contributed by atoms with E-state index in [1.807, 2.05) is 19.1 Å². The average molecular weight is 287 g/mol. The van der Waals surface area contributed by atoms with Crippen LogP contribution in [0.1, 0.15) is 44.9 Å². The van der Waals surface area contributed by atoms with Gasteiger partial charge in [0.15, 0.2) is 0 Å². The summed E-state index contributed by atoms with van der Waals surface area (Å²) in [6.07, 6.45) is 9.14. The zero-order valence-electron chi connectivity index (χ0n) is 12.4. The van der Waals surface area contributed by atoms with Crippen LogP contribution in [0.15, 0.2) is 22.9 Å². The molecule has 21 heavy (non-hydrogen) atoms. The number of ether oxygens (including phenoxy) is 1. The van der Waals surface area contributed by atoms with Gasteiger partial charge in [0.2, 0.25) is 17.6 Å². The minimum Gasteiger partial charge on any atom is -0.477 e. The maximum Gasteiger partial charge on any atom is 0.226 e. The van der Waals surface area contributed by atoms with Gasteiger partial charge in [-0.3, -0.25) is 0 Å². The summed E-state index contributed by atoms with van der Waals surface area (Å²) >= 11 is 0. The standard InChI is InChI=1S/C16H21N3O2/c1-2-20-16-13(8-5-11-17-16)15-18-14(21-19-15)10-9-12-6-3-4-7-12/h5,8,11-12H,2-4,6-7,9-10H2,1H3. The summed E-state index contributed by atoms with van der Waals surface area (Å²) in [4.78, 5) is 8.71. The minimum absolute atomic E-state index is 0.558. The van der Waals surface area contributed by atoms with Crippen molar-refractivity contribution in [3.05, 3.63) is 24.2 Å². The Morgan fingerprint density at radius 1 is 1.33 bits per heavy atom. The Morgan fingerprint density at radius 2 is 2.19 bits per heavy atom. The predicted octanol–water partition coefficient (Wildman–Crippen LogP) is 3.65. The van der Waals surface area contributed by atoms with Crippen molar-refractivity contribution in [3.63, 3.8) is 0 Å². The lowest BCUT2D eigenvalue weighted by Gasteiger charge is -2.05. The van der Waals surface area contributed by atoms with Gasteiger partial charge in [0.25, 0.3) is 0 Å². The fourth-order valence-corrected chi connectivity index (χ4v) is 2.91. The summed E-state index contributed by atoms with van der Waals surface area (Å²) in [6, 6.07) is 3.76. The second kappa shape index (κ2) is 6.70. The fraction of sp³-hybridized carbons (Fsp3) is 0.562. The first-order chi connectivity index (χ1) is 10.4.